The van der Waals surface area contributed by atoms with Gasteiger partial charge in [-0.1, -0.05) is 17.7 Å². The number of imide groups is 1. The molecule has 0 heterocycles. The van der Waals surface area contributed by atoms with E-state index in [1.165, 1.54) is 0 Å². The number of nitrogens with one attached hydrogen (secondary N) is 1. The molecule has 0 fully saturated rings. The lowest BCUT2D eigenvalue weighted by molar-refractivity contribution is 0.0521. The van der Waals surface area contributed by atoms with Gasteiger partial charge in [-0.15, -0.1) is 5.01 Å². The van der Waals surface area contributed by atoms with E-state index < -0.39 is 18.1 Å². The van der Waals surface area contributed by atoms with Crippen molar-refractivity contribution in [2.24, 2.45) is 0 Å². The van der Waals surface area contributed by atoms with Crippen LogP contribution in [0.2, 0.25) is 0 Å². The van der Waals surface area contributed by atoms with Crippen molar-refractivity contribution in [1.29, 1.82) is 0 Å². The first-order chi connectivity index (χ1) is 9.99. The highest BCUT2D eigenvalue weighted by molar-refractivity contribution is 6.03. The summed E-state index contributed by atoms with van der Waals surface area (Å²) < 4.78 is 9.40. The molecule has 0 aliphatic rings. The standard InChI is InChI=1S/C14H18N2O5/c1-4-20-13(18)15-16(14(19)21-5-2)12(17)11-8-6-10(3)7-9-11/h6-9H,4-5H2,1-3H3,(H,15,18). The zero-order valence-corrected chi connectivity index (χ0v) is 12.2. The van der Waals surface area contributed by atoms with E-state index in [1.807, 2.05) is 6.92 Å². The molecule has 0 atom stereocenters. The zero-order chi connectivity index (χ0) is 15.8. The van der Waals surface area contributed by atoms with Crippen molar-refractivity contribution in [3.05, 3.63) is 35.4 Å². The average Bonchev–Trinajstić information content (AvgIpc) is 2.45. The van der Waals surface area contributed by atoms with Gasteiger partial charge in [-0.3, -0.25) is 4.79 Å². The molecule has 7 heteroatoms. The molecule has 3 amide bonds. The number of ether oxygens (including phenoxy) is 2. The van der Waals surface area contributed by atoms with E-state index in [0.29, 0.717) is 5.01 Å². The summed E-state index contributed by atoms with van der Waals surface area (Å²) in [6.45, 7) is 5.25. The van der Waals surface area contributed by atoms with Crippen LogP contribution in [0.5, 0.6) is 0 Å². The van der Waals surface area contributed by atoms with Gasteiger partial charge >= 0.3 is 12.2 Å². The number of carbonyl (C=O) groups excluding carboxylic acids is 3. The first-order valence-corrected chi connectivity index (χ1v) is 6.50. The molecule has 0 aliphatic carbocycles. The van der Waals surface area contributed by atoms with E-state index >= 15 is 0 Å². The van der Waals surface area contributed by atoms with E-state index in [9.17, 15) is 14.4 Å². The molecule has 114 valence electrons. The van der Waals surface area contributed by atoms with Crippen molar-refractivity contribution in [1.82, 2.24) is 10.4 Å². The lowest BCUT2D eigenvalue weighted by Crippen LogP contribution is -2.50. The smallest absolute Gasteiger partial charge is 0.436 e. The summed E-state index contributed by atoms with van der Waals surface area (Å²) in [4.78, 5) is 35.5. The van der Waals surface area contributed by atoms with Gasteiger partial charge in [0, 0.05) is 5.56 Å². The van der Waals surface area contributed by atoms with E-state index in [-0.39, 0.29) is 18.8 Å². The van der Waals surface area contributed by atoms with Crippen LogP contribution < -0.4 is 5.43 Å². The summed E-state index contributed by atoms with van der Waals surface area (Å²) in [6.07, 6.45) is -1.89. The molecule has 0 unspecified atom stereocenters. The lowest BCUT2D eigenvalue weighted by atomic mass is 10.1. The fourth-order valence-electron chi connectivity index (χ4n) is 1.45. The maximum absolute atomic E-state index is 12.3. The number of benzene rings is 1. The van der Waals surface area contributed by atoms with Crippen molar-refractivity contribution in [2.45, 2.75) is 20.8 Å². The van der Waals surface area contributed by atoms with Gasteiger partial charge in [0.1, 0.15) is 0 Å². The summed E-state index contributed by atoms with van der Waals surface area (Å²) in [7, 11) is 0. The van der Waals surface area contributed by atoms with Crippen LogP contribution in [0.4, 0.5) is 9.59 Å². The Kier molecular flexibility index (Phi) is 6.19. The van der Waals surface area contributed by atoms with Crippen LogP contribution in [-0.2, 0) is 9.47 Å². The number of rotatable bonds is 3. The van der Waals surface area contributed by atoms with Gasteiger partial charge in [0.15, 0.2) is 0 Å². The second-order valence-corrected chi connectivity index (χ2v) is 4.04. The first-order valence-electron chi connectivity index (χ1n) is 6.50. The maximum atomic E-state index is 12.3. The average molecular weight is 294 g/mol. The number of amides is 3. The Balaban J connectivity index is 2.93. The molecule has 0 radical (unpaired) electrons. The number of hydrogen-bond donors (Lipinski definition) is 1. The minimum Gasteiger partial charge on any atom is -0.449 e. The van der Waals surface area contributed by atoms with E-state index in [0.717, 1.165) is 5.56 Å². The largest absolute Gasteiger partial charge is 0.449 e. The molecule has 7 nitrogen and oxygen atoms in total. The third kappa shape index (κ3) is 4.79. The normalized spacial score (nSPS) is 9.67. The van der Waals surface area contributed by atoms with Gasteiger partial charge in [-0.2, -0.15) is 0 Å². The Morgan fingerprint density at radius 1 is 1.05 bits per heavy atom. The summed E-state index contributed by atoms with van der Waals surface area (Å²) in [5.41, 5.74) is 3.27. The van der Waals surface area contributed by atoms with Gasteiger partial charge in [-0.05, 0) is 32.9 Å². The summed E-state index contributed by atoms with van der Waals surface area (Å²) >= 11 is 0. The van der Waals surface area contributed by atoms with E-state index in [1.54, 1.807) is 38.1 Å². The number of carbonyl (C=O) groups is 3. The molecular formula is C14H18N2O5. The monoisotopic (exact) mass is 294 g/mol. The van der Waals surface area contributed by atoms with Crippen LogP contribution in [-0.4, -0.2) is 36.3 Å². The third-order valence-corrected chi connectivity index (χ3v) is 2.43. The molecule has 1 N–H and O–H groups in total. The predicted molar refractivity (Wildman–Crippen MR) is 74.5 cm³/mol. The van der Waals surface area contributed by atoms with Crippen molar-refractivity contribution in [3.63, 3.8) is 0 Å². The van der Waals surface area contributed by atoms with Crippen LogP contribution >= 0.6 is 0 Å². The lowest BCUT2D eigenvalue weighted by Gasteiger charge is -2.20. The van der Waals surface area contributed by atoms with Crippen LogP contribution in [0.25, 0.3) is 0 Å². The Bertz CT molecular complexity index is 513. The Morgan fingerprint density at radius 3 is 2.14 bits per heavy atom. The van der Waals surface area contributed by atoms with Crippen molar-refractivity contribution >= 4 is 18.1 Å². The Morgan fingerprint density at radius 2 is 1.62 bits per heavy atom. The first kappa shape index (κ1) is 16.5. The quantitative estimate of drug-likeness (QED) is 0.864. The van der Waals surface area contributed by atoms with Crippen molar-refractivity contribution in [3.8, 4) is 0 Å². The number of hydrazine groups is 1. The number of nitrogens with zero attached hydrogens (tertiary/aromatic N) is 1. The zero-order valence-electron chi connectivity index (χ0n) is 12.2. The SMILES string of the molecule is CCOC(=O)NN(C(=O)OCC)C(=O)c1ccc(C)cc1. The van der Waals surface area contributed by atoms with Crippen molar-refractivity contribution in [2.75, 3.05) is 13.2 Å². The van der Waals surface area contributed by atoms with Crippen molar-refractivity contribution < 1.29 is 23.9 Å². The number of aryl methyl sites for hydroxylation is 1. The minimum atomic E-state index is -0.976. The minimum absolute atomic E-state index is 0.0705. The molecule has 0 aromatic heterocycles. The van der Waals surface area contributed by atoms with E-state index in [2.05, 4.69) is 10.2 Å². The predicted octanol–water partition coefficient (Wildman–Crippen LogP) is 2.25. The molecule has 1 aromatic rings. The Labute approximate surface area is 122 Å². The van der Waals surface area contributed by atoms with Gasteiger partial charge < -0.3 is 9.47 Å². The number of hydrogen-bond acceptors (Lipinski definition) is 5. The fraction of sp³-hybridized carbons (Fsp3) is 0.357. The second-order valence-electron chi connectivity index (χ2n) is 4.04. The van der Waals surface area contributed by atoms with Crippen LogP contribution in [0.15, 0.2) is 24.3 Å². The Hall–Kier alpha value is -2.57. The summed E-state index contributed by atoms with van der Waals surface area (Å²) in [5, 5.41) is 0.492. The van der Waals surface area contributed by atoms with E-state index in [4.69, 9.17) is 4.74 Å². The van der Waals surface area contributed by atoms with Gasteiger partial charge in [0.05, 0.1) is 13.2 Å². The molecule has 0 saturated carbocycles. The topological polar surface area (TPSA) is 84.9 Å². The second kappa shape index (κ2) is 7.88. The van der Waals surface area contributed by atoms with Gasteiger partial charge in [-0.25, -0.2) is 15.0 Å². The molecular weight excluding hydrogens is 276 g/mol. The van der Waals surface area contributed by atoms with Crippen LogP contribution in [0.1, 0.15) is 29.8 Å². The summed E-state index contributed by atoms with van der Waals surface area (Å²) in [5.74, 6) is -0.707. The third-order valence-electron chi connectivity index (χ3n) is 2.43. The highest BCUT2D eigenvalue weighted by Gasteiger charge is 2.26. The highest BCUT2D eigenvalue weighted by atomic mass is 16.6. The molecule has 0 spiro atoms. The highest BCUT2D eigenvalue weighted by Crippen LogP contribution is 2.07. The molecule has 1 aromatic carbocycles. The molecule has 1 rings (SSSR count). The maximum Gasteiger partial charge on any atom is 0.436 e. The molecule has 21 heavy (non-hydrogen) atoms. The van der Waals surface area contributed by atoms with Gasteiger partial charge in [0.25, 0.3) is 5.91 Å². The van der Waals surface area contributed by atoms with Crippen LogP contribution in [0, 0.1) is 6.92 Å². The van der Waals surface area contributed by atoms with Crippen LogP contribution in [0.3, 0.4) is 0 Å². The molecule has 0 bridgehead atoms. The van der Waals surface area contributed by atoms with Gasteiger partial charge in [0.2, 0.25) is 0 Å². The molecule has 0 saturated heterocycles. The molecule has 0 aliphatic heterocycles. The summed E-state index contributed by atoms with van der Waals surface area (Å²) in [6, 6.07) is 6.55. The fourth-order valence-corrected chi connectivity index (χ4v) is 1.45.